The van der Waals surface area contributed by atoms with Crippen molar-refractivity contribution in [1.82, 2.24) is 19.9 Å². The minimum Gasteiger partial charge on any atom is -0.344 e. The molecular formula is C21H25N5O3S. The summed E-state index contributed by atoms with van der Waals surface area (Å²) in [7, 11) is 3.43. The molecule has 0 fully saturated rings. The molecule has 0 radical (unpaired) electrons. The van der Waals surface area contributed by atoms with Crippen molar-refractivity contribution in [2.45, 2.75) is 26.3 Å². The van der Waals surface area contributed by atoms with Crippen LogP contribution in [0.3, 0.4) is 0 Å². The number of nitrogens with one attached hydrogen (secondary N) is 2. The summed E-state index contributed by atoms with van der Waals surface area (Å²) in [4.78, 5) is 37.8. The van der Waals surface area contributed by atoms with Crippen molar-refractivity contribution in [3.8, 4) is 0 Å². The Morgan fingerprint density at radius 3 is 2.57 bits per heavy atom. The number of imidazole rings is 1. The van der Waals surface area contributed by atoms with Crippen molar-refractivity contribution in [1.29, 1.82) is 0 Å². The first kappa shape index (κ1) is 21.5. The highest BCUT2D eigenvalue weighted by Gasteiger charge is 2.24. The van der Waals surface area contributed by atoms with E-state index in [4.69, 9.17) is 0 Å². The molecule has 0 saturated heterocycles. The Bertz CT molecular complexity index is 1140. The zero-order valence-electron chi connectivity index (χ0n) is 17.4. The van der Waals surface area contributed by atoms with Crippen LogP contribution < -0.4 is 16.4 Å². The predicted octanol–water partition coefficient (Wildman–Crippen LogP) is 1.77. The Hall–Kier alpha value is -3.20. The van der Waals surface area contributed by atoms with Crippen molar-refractivity contribution in [2.24, 2.45) is 25.1 Å². The third-order valence-corrected chi connectivity index (χ3v) is 5.74. The minimum absolute atomic E-state index is 0.0947. The van der Waals surface area contributed by atoms with Crippen LogP contribution in [0.5, 0.6) is 0 Å². The molecule has 0 aliphatic rings. The van der Waals surface area contributed by atoms with E-state index in [1.165, 1.54) is 17.6 Å². The summed E-state index contributed by atoms with van der Waals surface area (Å²) in [5.74, 6) is -0.678. The molecule has 0 aliphatic carbocycles. The molecule has 158 valence electrons. The van der Waals surface area contributed by atoms with Crippen LogP contribution in [0.4, 0.5) is 0 Å². The third kappa shape index (κ3) is 4.68. The van der Waals surface area contributed by atoms with Gasteiger partial charge in [-0.1, -0.05) is 26.0 Å². The monoisotopic (exact) mass is 427 g/mol. The molecule has 3 aromatic rings. The number of nitrogens with zero attached hydrogens (tertiary/aromatic N) is 3. The maximum Gasteiger partial charge on any atom is 0.328 e. The van der Waals surface area contributed by atoms with Crippen LogP contribution >= 0.6 is 11.3 Å². The van der Waals surface area contributed by atoms with Crippen LogP contribution in [0.15, 0.2) is 45.6 Å². The van der Waals surface area contributed by atoms with E-state index in [0.29, 0.717) is 0 Å². The van der Waals surface area contributed by atoms with Crippen molar-refractivity contribution >= 4 is 40.4 Å². The van der Waals surface area contributed by atoms with Gasteiger partial charge < -0.3 is 5.32 Å². The molecule has 0 spiro atoms. The van der Waals surface area contributed by atoms with Crippen molar-refractivity contribution in [2.75, 3.05) is 0 Å². The van der Waals surface area contributed by atoms with E-state index in [-0.39, 0.29) is 29.8 Å². The van der Waals surface area contributed by atoms with Gasteiger partial charge in [0.15, 0.2) is 0 Å². The zero-order chi connectivity index (χ0) is 21.8. The van der Waals surface area contributed by atoms with Crippen molar-refractivity contribution < 1.29 is 9.59 Å². The van der Waals surface area contributed by atoms with Gasteiger partial charge >= 0.3 is 5.69 Å². The maximum atomic E-state index is 12.5. The summed E-state index contributed by atoms with van der Waals surface area (Å²) in [5.41, 5.74) is 4.73. The van der Waals surface area contributed by atoms with Gasteiger partial charge in [-0.2, -0.15) is 5.10 Å². The van der Waals surface area contributed by atoms with Crippen LogP contribution in [0.1, 0.15) is 24.3 Å². The molecule has 2 heterocycles. The molecule has 2 N–H and O–H groups in total. The normalized spacial score (nSPS) is 12.6. The van der Waals surface area contributed by atoms with Crippen LogP contribution in [-0.2, 0) is 30.1 Å². The number of hydrogen-bond acceptors (Lipinski definition) is 5. The average molecular weight is 428 g/mol. The van der Waals surface area contributed by atoms with Gasteiger partial charge in [-0.3, -0.25) is 18.7 Å². The molecule has 3 rings (SSSR count). The van der Waals surface area contributed by atoms with Gasteiger partial charge in [-0.05, 0) is 35.1 Å². The number of aromatic nitrogens is 2. The van der Waals surface area contributed by atoms with E-state index in [2.05, 4.69) is 15.8 Å². The Labute approximate surface area is 178 Å². The molecule has 30 heavy (non-hydrogen) atoms. The third-order valence-electron chi connectivity index (χ3n) is 4.86. The number of hydrogen-bond donors (Lipinski definition) is 2. The van der Waals surface area contributed by atoms with E-state index >= 15 is 0 Å². The Balaban J connectivity index is 1.65. The second-order valence-corrected chi connectivity index (χ2v) is 8.46. The van der Waals surface area contributed by atoms with Crippen molar-refractivity contribution in [3.63, 3.8) is 0 Å². The molecule has 0 bridgehead atoms. The summed E-state index contributed by atoms with van der Waals surface area (Å²) in [6, 6.07) is 8.57. The van der Waals surface area contributed by atoms with E-state index in [9.17, 15) is 14.4 Å². The molecule has 2 aromatic heterocycles. The van der Waals surface area contributed by atoms with Gasteiger partial charge in [0.1, 0.15) is 6.04 Å². The summed E-state index contributed by atoms with van der Waals surface area (Å²) in [6.45, 7) is 3.73. The highest BCUT2D eigenvalue weighted by Crippen LogP contribution is 2.13. The highest BCUT2D eigenvalue weighted by molar-refractivity contribution is 7.10. The number of carbonyl (C=O) groups is 2. The average Bonchev–Trinajstić information content (AvgIpc) is 3.29. The summed E-state index contributed by atoms with van der Waals surface area (Å²) in [5, 5.41) is 8.72. The molecule has 0 unspecified atom stereocenters. The number of rotatable bonds is 7. The largest absolute Gasteiger partial charge is 0.344 e. The van der Waals surface area contributed by atoms with Crippen molar-refractivity contribution in [3.05, 3.63) is 56.6 Å². The van der Waals surface area contributed by atoms with Gasteiger partial charge in [0.25, 0.3) is 5.91 Å². The Kier molecular flexibility index (Phi) is 6.51. The Morgan fingerprint density at radius 2 is 1.90 bits per heavy atom. The van der Waals surface area contributed by atoms with Crippen LogP contribution in [0.2, 0.25) is 0 Å². The van der Waals surface area contributed by atoms with E-state index in [1.54, 1.807) is 23.2 Å². The topological polar surface area (TPSA) is 97.5 Å². The first-order valence-corrected chi connectivity index (χ1v) is 10.5. The summed E-state index contributed by atoms with van der Waals surface area (Å²) in [6.07, 6.45) is 1.76. The lowest BCUT2D eigenvalue weighted by molar-refractivity contribution is -0.129. The molecule has 2 amide bonds. The molecule has 9 heteroatoms. The van der Waals surface area contributed by atoms with E-state index < -0.39 is 6.04 Å². The fraction of sp³-hybridized carbons (Fsp3) is 0.333. The van der Waals surface area contributed by atoms with Crippen LogP contribution in [-0.4, -0.2) is 33.2 Å². The maximum absolute atomic E-state index is 12.5. The lowest BCUT2D eigenvalue weighted by Gasteiger charge is -2.20. The number of hydrazone groups is 1. The number of benzene rings is 1. The molecule has 0 saturated carbocycles. The minimum atomic E-state index is -0.688. The number of thiophene rings is 1. The summed E-state index contributed by atoms with van der Waals surface area (Å²) < 4.78 is 3.13. The van der Waals surface area contributed by atoms with Crippen LogP contribution in [0, 0.1) is 5.92 Å². The fourth-order valence-electron chi connectivity index (χ4n) is 3.17. The SMILES string of the molecule is CC(C)[C@H](NC(=O)Cc1cccs1)C(=O)N/N=C/c1ccc2c(c1)n(C)c(=O)n2C. The second-order valence-electron chi connectivity index (χ2n) is 7.43. The quantitative estimate of drug-likeness (QED) is 0.444. The molecule has 1 atom stereocenters. The molecular weight excluding hydrogens is 402 g/mol. The highest BCUT2D eigenvalue weighted by atomic mass is 32.1. The van der Waals surface area contributed by atoms with Gasteiger partial charge in [0.2, 0.25) is 5.91 Å². The first-order chi connectivity index (χ1) is 14.3. The molecule has 1 aromatic carbocycles. The van der Waals surface area contributed by atoms with Crippen LogP contribution in [0.25, 0.3) is 11.0 Å². The lowest BCUT2D eigenvalue weighted by atomic mass is 10.0. The standard InChI is InChI=1S/C21H25N5O3S/c1-13(2)19(23-18(27)11-15-6-5-9-30-15)20(28)24-22-12-14-7-8-16-17(10-14)26(4)21(29)25(16)3/h5-10,12-13,19H,11H2,1-4H3,(H,23,27)(H,24,28)/b22-12+/t19-/m0/s1. The van der Waals surface area contributed by atoms with Gasteiger partial charge in [-0.25, -0.2) is 10.2 Å². The summed E-state index contributed by atoms with van der Waals surface area (Å²) >= 11 is 1.50. The van der Waals surface area contributed by atoms with E-state index in [0.717, 1.165) is 21.5 Å². The molecule has 8 nitrogen and oxygen atoms in total. The number of amides is 2. The zero-order valence-corrected chi connectivity index (χ0v) is 18.2. The lowest BCUT2D eigenvalue weighted by Crippen LogP contribution is -2.49. The fourth-order valence-corrected chi connectivity index (χ4v) is 3.88. The van der Waals surface area contributed by atoms with Gasteiger partial charge in [-0.15, -0.1) is 11.3 Å². The Morgan fingerprint density at radius 1 is 1.17 bits per heavy atom. The predicted molar refractivity (Wildman–Crippen MR) is 119 cm³/mol. The van der Waals surface area contributed by atoms with Gasteiger partial charge in [0.05, 0.1) is 23.7 Å². The van der Waals surface area contributed by atoms with Gasteiger partial charge in [0, 0.05) is 19.0 Å². The second kappa shape index (κ2) is 9.08. The van der Waals surface area contributed by atoms with E-state index in [1.807, 2.05) is 49.6 Å². The smallest absolute Gasteiger partial charge is 0.328 e. The number of carbonyl (C=O) groups excluding carboxylic acids is 2. The number of aryl methyl sites for hydroxylation is 2. The first-order valence-electron chi connectivity index (χ1n) is 9.58. The number of fused-ring (bicyclic) bond motifs is 1. The molecule has 0 aliphatic heterocycles.